The van der Waals surface area contributed by atoms with E-state index >= 15 is 0 Å². The maximum atomic E-state index is 13.7. The van der Waals surface area contributed by atoms with E-state index in [2.05, 4.69) is 5.32 Å². The summed E-state index contributed by atoms with van der Waals surface area (Å²) in [5.41, 5.74) is 1.32. The summed E-state index contributed by atoms with van der Waals surface area (Å²) in [4.78, 5) is 13.1. The van der Waals surface area contributed by atoms with Crippen LogP contribution in [0.4, 0.5) is 4.39 Å². The summed E-state index contributed by atoms with van der Waals surface area (Å²) in [6.07, 6.45) is 0. The summed E-state index contributed by atoms with van der Waals surface area (Å²) in [6, 6.07) is 12.2. The fourth-order valence-corrected chi connectivity index (χ4v) is 3.14. The molecular weight excluding hydrogens is 357 g/mol. The second-order valence-electron chi connectivity index (χ2n) is 6.31. The number of amides is 1. The minimum absolute atomic E-state index is 0.0221. The lowest BCUT2D eigenvalue weighted by molar-refractivity contribution is -0.885. The second-order valence-corrected chi connectivity index (χ2v) is 7.87. The number of carbonyl (C=O) groups excluding carboxylic acids is 1. The Morgan fingerprint density at radius 2 is 1.81 bits per heavy atom. The first-order chi connectivity index (χ1) is 12.2. The van der Waals surface area contributed by atoms with Crippen molar-refractivity contribution in [3.63, 3.8) is 0 Å². The van der Waals surface area contributed by atoms with Crippen molar-refractivity contribution in [2.45, 2.75) is 24.4 Å². The smallest absolute Gasteiger partial charge is 0.275 e. The van der Waals surface area contributed by atoms with Crippen LogP contribution in [0.3, 0.4) is 0 Å². The Balaban J connectivity index is 1.91. The number of halogens is 1. The molecule has 2 aromatic rings. The number of likely N-dealkylation sites (N-methyl/N-ethyl adjacent to an activating group) is 1. The minimum Gasteiger partial charge on any atom is -0.345 e. The first kappa shape index (κ1) is 20.0. The zero-order valence-corrected chi connectivity index (χ0v) is 15.5. The number of carbonyl (C=O) groups is 1. The third kappa shape index (κ3) is 5.62. The van der Waals surface area contributed by atoms with Gasteiger partial charge in [0.1, 0.15) is 12.4 Å². The SMILES string of the molecule is C[C@H](NC(=O)C[NH+](C)Cc1ccccc1F)c1ccc(S(N)(=O)=O)cc1. The number of primary sulfonamides is 1. The Morgan fingerprint density at radius 3 is 2.38 bits per heavy atom. The first-order valence-corrected chi connectivity index (χ1v) is 9.68. The lowest BCUT2D eigenvalue weighted by Gasteiger charge is -2.18. The number of rotatable bonds is 7. The Kier molecular flexibility index (Phi) is 6.47. The predicted octanol–water partition coefficient (Wildman–Crippen LogP) is 0.365. The molecule has 0 saturated heterocycles. The number of quaternary nitrogens is 1. The van der Waals surface area contributed by atoms with Crippen molar-refractivity contribution < 1.29 is 22.5 Å². The van der Waals surface area contributed by atoms with E-state index in [0.717, 1.165) is 10.5 Å². The first-order valence-electron chi connectivity index (χ1n) is 8.13. The summed E-state index contributed by atoms with van der Waals surface area (Å²) in [5, 5.41) is 7.92. The molecule has 1 unspecified atom stereocenters. The molecule has 0 heterocycles. The van der Waals surface area contributed by atoms with Crippen LogP contribution >= 0.6 is 0 Å². The zero-order valence-electron chi connectivity index (χ0n) is 14.7. The normalized spacial score (nSPS) is 13.8. The maximum Gasteiger partial charge on any atom is 0.275 e. The number of nitrogens with one attached hydrogen (secondary N) is 2. The largest absolute Gasteiger partial charge is 0.345 e. The standard InChI is InChI=1S/C18H22FN3O3S/c1-13(14-7-9-16(10-8-14)26(20,24)25)21-18(23)12-22(2)11-15-5-3-4-6-17(15)19/h3-10,13H,11-12H2,1-2H3,(H,21,23)(H2,20,24,25)/p+1/t13-/m0/s1. The van der Waals surface area contributed by atoms with E-state index in [4.69, 9.17) is 5.14 Å². The summed E-state index contributed by atoms with van der Waals surface area (Å²) in [6.45, 7) is 2.39. The fourth-order valence-electron chi connectivity index (χ4n) is 2.63. The summed E-state index contributed by atoms with van der Waals surface area (Å²) >= 11 is 0. The molecule has 0 aromatic heterocycles. The molecule has 0 spiro atoms. The lowest BCUT2D eigenvalue weighted by atomic mass is 10.1. The van der Waals surface area contributed by atoms with Gasteiger partial charge in [0, 0.05) is 5.56 Å². The van der Waals surface area contributed by atoms with Crippen LogP contribution in [0.15, 0.2) is 53.4 Å². The van der Waals surface area contributed by atoms with Gasteiger partial charge in [0.2, 0.25) is 10.0 Å². The van der Waals surface area contributed by atoms with E-state index in [9.17, 15) is 17.6 Å². The Bertz CT molecular complexity index is 870. The average molecular weight is 380 g/mol. The van der Waals surface area contributed by atoms with Crippen molar-refractivity contribution in [1.82, 2.24) is 5.32 Å². The van der Waals surface area contributed by atoms with Crippen LogP contribution in [0.2, 0.25) is 0 Å². The van der Waals surface area contributed by atoms with Crippen molar-refractivity contribution in [1.29, 1.82) is 0 Å². The molecule has 1 amide bonds. The monoisotopic (exact) mass is 380 g/mol. The summed E-state index contributed by atoms with van der Waals surface area (Å²) in [5.74, 6) is -0.461. The highest BCUT2D eigenvalue weighted by molar-refractivity contribution is 7.89. The molecule has 0 aliphatic heterocycles. The van der Waals surface area contributed by atoms with E-state index in [0.29, 0.717) is 12.1 Å². The van der Waals surface area contributed by atoms with Gasteiger partial charge in [-0.2, -0.15) is 0 Å². The van der Waals surface area contributed by atoms with Gasteiger partial charge in [0.25, 0.3) is 5.91 Å². The molecular formula is C18H23FN3O3S+. The second kappa shape index (κ2) is 8.39. The predicted molar refractivity (Wildman–Crippen MR) is 96.2 cm³/mol. The molecule has 2 rings (SSSR count). The minimum atomic E-state index is -3.74. The molecule has 8 heteroatoms. The summed E-state index contributed by atoms with van der Waals surface area (Å²) in [7, 11) is -1.92. The van der Waals surface area contributed by atoms with E-state index in [1.807, 2.05) is 7.05 Å². The number of hydrogen-bond donors (Lipinski definition) is 3. The van der Waals surface area contributed by atoms with Gasteiger partial charge in [-0.25, -0.2) is 17.9 Å². The number of benzene rings is 2. The molecule has 6 nitrogen and oxygen atoms in total. The van der Waals surface area contributed by atoms with Gasteiger partial charge in [-0.05, 0) is 30.7 Å². The topological polar surface area (TPSA) is 93.7 Å². The molecule has 26 heavy (non-hydrogen) atoms. The summed E-state index contributed by atoms with van der Waals surface area (Å²) < 4.78 is 36.2. The fraction of sp³-hybridized carbons (Fsp3) is 0.278. The van der Waals surface area contributed by atoms with Gasteiger partial charge in [-0.1, -0.05) is 30.3 Å². The third-order valence-corrected chi connectivity index (χ3v) is 4.93. The van der Waals surface area contributed by atoms with Gasteiger partial charge < -0.3 is 10.2 Å². The highest BCUT2D eigenvalue weighted by Gasteiger charge is 2.16. The van der Waals surface area contributed by atoms with Crippen LogP contribution < -0.4 is 15.4 Å². The van der Waals surface area contributed by atoms with Crippen LogP contribution in [0, 0.1) is 5.82 Å². The molecule has 0 bridgehead atoms. The third-order valence-electron chi connectivity index (χ3n) is 4.00. The van der Waals surface area contributed by atoms with Crippen molar-refractivity contribution in [3.05, 3.63) is 65.5 Å². The van der Waals surface area contributed by atoms with Crippen LogP contribution in [0.25, 0.3) is 0 Å². The number of sulfonamides is 1. The van der Waals surface area contributed by atoms with E-state index in [1.165, 1.54) is 18.2 Å². The van der Waals surface area contributed by atoms with Crippen molar-refractivity contribution in [2.75, 3.05) is 13.6 Å². The Labute approximate surface area is 152 Å². The highest BCUT2D eigenvalue weighted by atomic mass is 32.2. The number of nitrogens with two attached hydrogens (primary N) is 1. The quantitative estimate of drug-likeness (QED) is 0.648. The van der Waals surface area contributed by atoms with Crippen molar-refractivity contribution in [2.24, 2.45) is 5.14 Å². The molecule has 2 aromatic carbocycles. The molecule has 0 aliphatic carbocycles. The van der Waals surface area contributed by atoms with E-state index in [1.54, 1.807) is 37.3 Å². The molecule has 4 N–H and O–H groups in total. The zero-order chi connectivity index (χ0) is 19.3. The van der Waals surface area contributed by atoms with Gasteiger partial charge in [-0.3, -0.25) is 4.79 Å². The van der Waals surface area contributed by atoms with Gasteiger partial charge in [0.05, 0.1) is 18.0 Å². The molecule has 0 aliphatic rings. The lowest BCUT2D eigenvalue weighted by Crippen LogP contribution is -3.09. The van der Waals surface area contributed by atoms with Crippen molar-refractivity contribution >= 4 is 15.9 Å². The van der Waals surface area contributed by atoms with Crippen LogP contribution in [0.5, 0.6) is 0 Å². The van der Waals surface area contributed by atoms with E-state index in [-0.39, 0.29) is 29.2 Å². The molecule has 2 atom stereocenters. The van der Waals surface area contributed by atoms with Gasteiger partial charge in [-0.15, -0.1) is 0 Å². The van der Waals surface area contributed by atoms with Crippen LogP contribution in [-0.4, -0.2) is 27.9 Å². The van der Waals surface area contributed by atoms with Gasteiger partial charge >= 0.3 is 0 Å². The molecule has 0 fully saturated rings. The van der Waals surface area contributed by atoms with E-state index < -0.39 is 10.0 Å². The van der Waals surface area contributed by atoms with Gasteiger partial charge in [0.15, 0.2) is 6.54 Å². The van der Waals surface area contributed by atoms with Crippen LogP contribution in [-0.2, 0) is 21.4 Å². The highest BCUT2D eigenvalue weighted by Crippen LogP contribution is 2.15. The Hall–Kier alpha value is -2.29. The Morgan fingerprint density at radius 1 is 1.19 bits per heavy atom. The van der Waals surface area contributed by atoms with Crippen molar-refractivity contribution in [3.8, 4) is 0 Å². The average Bonchev–Trinajstić information content (AvgIpc) is 2.56. The number of hydrogen-bond acceptors (Lipinski definition) is 3. The van der Waals surface area contributed by atoms with Crippen LogP contribution in [0.1, 0.15) is 24.1 Å². The maximum absolute atomic E-state index is 13.7. The molecule has 0 saturated carbocycles. The molecule has 0 radical (unpaired) electrons. The molecule has 140 valence electrons.